The van der Waals surface area contributed by atoms with Crippen LogP contribution in [0.4, 0.5) is 4.79 Å². The molecule has 1 saturated carbocycles. The van der Waals surface area contributed by atoms with Crippen LogP contribution in [0.15, 0.2) is 0 Å². The Bertz CT molecular complexity index is 264. The zero-order valence-electron chi connectivity index (χ0n) is 11.6. The van der Waals surface area contributed by atoms with Crippen molar-refractivity contribution in [1.82, 2.24) is 15.5 Å². The van der Waals surface area contributed by atoms with Crippen molar-refractivity contribution in [2.45, 2.75) is 64.0 Å². The Kier molecular flexibility index (Phi) is 5.29. The van der Waals surface area contributed by atoms with Crippen molar-refractivity contribution in [3.8, 4) is 0 Å². The van der Waals surface area contributed by atoms with E-state index in [0.717, 1.165) is 32.4 Å². The Balaban J connectivity index is 1.69. The van der Waals surface area contributed by atoms with Crippen LogP contribution in [0.2, 0.25) is 0 Å². The first-order chi connectivity index (χ1) is 8.78. The summed E-state index contributed by atoms with van der Waals surface area (Å²) in [6.45, 7) is 5.46. The minimum atomic E-state index is 0.0462. The lowest BCUT2D eigenvalue weighted by molar-refractivity contribution is 0.189. The smallest absolute Gasteiger partial charge is 0.315 e. The summed E-state index contributed by atoms with van der Waals surface area (Å²) in [7, 11) is 0. The summed E-state index contributed by atoms with van der Waals surface area (Å²) in [5, 5.41) is 6.27. The van der Waals surface area contributed by atoms with Gasteiger partial charge in [0.15, 0.2) is 0 Å². The maximum absolute atomic E-state index is 11.9. The van der Waals surface area contributed by atoms with Gasteiger partial charge in [-0.05, 0) is 38.8 Å². The van der Waals surface area contributed by atoms with Crippen LogP contribution >= 0.6 is 0 Å². The second-order valence-corrected chi connectivity index (χ2v) is 5.69. The molecule has 0 aromatic rings. The number of hydrogen-bond acceptors (Lipinski definition) is 2. The van der Waals surface area contributed by atoms with Gasteiger partial charge < -0.3 is 15.5 Å². The summed E-state index contributed by atoms with van der Waals surface area (Å²) in [6, 6.07) is 0.789. The van der Waals surface area contributed by atoms with Gasteiger partial charge in [-0.3, -0.25) is 0 Å². The second kappa shape index (κ2) is 6.98. The normalized spacial score (nSPS) is 26.8. The van der Waals surface area contributed by atoms with E-state index in [4.69, 9.17) is 0 Å². The summed E-state index contributed by atoms with van der Waals surface area (Å²) in [5.74, 6) is 0. The molecule has 2 aliphatic rings. The number of carbonyl (C=O) groups is 1. The van der Waals surface area contributed by atoms with Gasteiger partial charge in [-0.25, -0.2) is 4.79 Å². The largest absolute Gasteiger partial charge is 0.335 e. The van der Waals surface area contributed by atoms with Gasteiger partial charge in [0.1, 0.15) is 0 Å². The number of amides is 2. The van der Waals surface area contributed by atoms with Crippen LogP contribution in [0.1, 0.15) is 51.9 Å². The number of carbonyl (C=O) groups excluding carboxylic acids is 1. The van der Waals surface area contributed by atoms with Gasteiger partial charge in [0, 0.05) is 18.6 Å². The van der Waals surface area contributed by atoms with Crippen molar-refractivity contribution in [2.75, 3.05) is 19.6 Å². The van der Waals surface area contributed by atoms with Crippen LogP contribution in [0.3, 0.4) is 0 Å². The number of nitrogens with zero attached hydrogens (tertiary/aromatic N) is 1. The molecule has 2 rings (SSSR count). The molecule has 4 nitrogen and oxygen atoms in total. The Labute approximate surface area is 110 Å². The number of urea groups is 1. The molecule has 2 fully saturated rings. The molecule has 0 aromatic carbocycles. The van der Waals surface area contributed by atoms with Crippen LogP contribution in [0.5, 0.6) is 0 Å². The van der Waals surface area contributed by atoms with Crippen LogP contribution in [-0.2, 0) is 0 Å². The van der Waals surface area contributed by atoms with Crippen molar-refractivity contribution in [2.24, 2.45) is 0 Å². The fourth-order valence-corrected chi connectivity index (χ4v) is 3.12. The summed E-state index contributed by atoms with van der Waals surface area (Å²) >= 11 is 0. The highest BCUT2D eigenvalue weighted by molar-refractivity contribution is 5.74. The molecule has 1 atom stereocenters. The molecule has 0 bridgehead atoms. The third kappa shape index (κ3) is 4.16. The lowest BCUT2D eigenvalue weighted by Gasteiger charge is -2.33. The fraction of sp³-hybridized carbons (Fsp3) is 0.929. The molecule has 0 aromatic heterocycles. The first-order valence-electron chi connectivity index (χ1n) is 7.57. The van der Waals surface area contributed by atoms with Crippen LogP contribution in [0.25, 0.3) is 0 Å². The summed E-state index contributed by atoms with van der Waals surface area (Å²) < 4.78 is 0. The molecule has 1 saturated heterocycles. The van der Waals surface area contributed by atoms with E-state index in [0.29, 0.717) is 12.1 Å². The topological polar surface area (TPSA) is 44.4 Å². The maximum atomic E-state index is 11.9. The molecule has 0 radical (unpaired) electrons. The van der Waals surface area contributed by atoms with E-state index in [2.05, 4.69) is 22.5 Å². The number of hydrogen-bond donors (Lipinski definition) is 2. The Morgan fingerprint density at radius 3 is 2.44 bits per heavy atom. The second-order valence-electron chi connectivity index (χ2n) is 5.69. The number of likely N-dealkylation sites (tertiary alicyclic amines) is 1. The van der Waals surface area contributed by atoms with Gasteiger partial charge in [0.25, 0.3) is 0 Å². The van der Waals surface area contributed by atoms with Crippen LogP contribution in [-0.4, -0.2) is 42.6 Å². The van der Waals surface area contributed by atoms with Gasteiger partial charge >= 0.3 is 6.03 Å². The number of rotatable bonds is 3. The van der Waals surface area contributed by atoms with Crippen molar-refractivity contribution in [3.05, 3.63) is 0 Å². The molecule has 1 aliphatic carbocycles. The molecule has 0 unspecified atom stereocenters. The van der Waals surface area contributed by atoms with Gasteiger partial charge in [-0.1, -0.05) is 26.2 Å². The fourth-order valence-electron chi connectivity index (χ4n) is 3.12. The minimum Gasteiger partial charge on any atom is -0.335 e. The predicted octanol–water partition coefficient (Wildman–Crippen LogP) is 2.10. The van der Waals surface area contributed by atoms with Crippen molar-refractivity contribution < 1.29 is 4.79 Å². The van der Waals surface area contributed by atoms with E-state index < -0.39 is 0 Å². The van der Waals surface area contributed by atoms with E-state index in [1.807, 2.05) is 0 Å². The first kappa shape index (κ1) is 13.7. The number of likely N-dealkylation sites (N-methyl/N-ethyl adjacent to an activating group) is 1. The highest BCUT2D eigenvalue weighted by atomic mass is 16.2. The molecule has 4 heteroatoms. The van der Waals surface area contributed by atoms with Crippen molar-refractivity contribution in [1.29, 1.82) is 0 Å². The van der Waals surface area contributed by atoms with E-state index in [-0.39, 0.29) is 6.03 Å². The Hall–Kier alpha value is -0.770. The van der Waals surface area contributed by atoms with Gasteiger partial charge in [-0.2, -0.15) is 0 Å². The first-order valence-corrected chi connectivity index (χ1v) is 7.57. The quantitative estimate of drug-likeness (QED) is 0.809. The highest BCUT2D eigenvalue weighted by Crippen LogP contribution is 2.17. The van der Waals surface area contributed by atoms with Crippen LogP contribution < -0.4 is 10.6 Å². The third-order valence-corrected chi connectivity index (χ3v) is 4.23. The SMILES string of the molecule is CCN1CCC[C@H](NC(=O)NC2CCCCC2)C1. The zero-order valence-corrected chi connectivity index (χ0v) is 11.6. The Morgan fingerprint density at radius 2 is 1.72 bits per heavy atom. The van der Waals surface area contributed by atoms with E-state index in [1.54, 1.807) is 0 Å². The monoisotopic (exact) mass is 253 g/mol. The summed E-state index contributed by atoms with van der Waals surface area (Å²) in [6.07, 6.45) is 8.47. The summed E-state index contributed by atoms with van der Waals surface area (Å²) in [4.78, 5) is 14.3. The standard InChI is InChI=1S/C14H27N3O/c1-2-17-10-6-9-13(11-17)16-14(18)15-12-7-4-3-5-8-12/h12-13H,2-11H2,1H3,(H2,15,16,18)/t13-/m0/s1. The average molecular weight is 253 g/mol. The van der Waals surface area contributed by atoms with Gasteiger partial charge in [0.05, 0.1) is 0 Å². The Morgan fingerprint density at radius 1 is 1.06 bits per heavy atom. The number of nitrogens with one attached hydrogen (secondary N) is 2. The van der Waals surface area contributed by atoms with Crippen LogP contribution in [0, 0.1) is 0 Å². The lowest BCUT2D eigenvalue weighted by Crippen LogP contribution is -2.52. The van der Waals surface area contributed by atoms with E-state index in [1.165, 1.54) is 32.2 Å². The molecule has 0 spiro atoms. The average Bonchev–Trinajstić information content (AvgIpc) is 2.40. The number of piperidine rings is 1. The molecular formula is C14H27N3O. The lowest BCUT2D eigenvalue weighted by atomic mass is 9.96. The molecule has 2 amide bonds. The molecule has 1 aliphatic heterocycles. The van der Waals surface area contributed by atoms with Gasteiger partial charge in [-0.15, -0.1) is 0 Å². The molecule has 104 valence electrons. The minimum absolute atomic E-state index is 0.0462. The van der Waals surface area contributed by atoms with Crippen molar-refractivity contribution >= 4 is 6.03 Å². The summed E-state index contributed by atoms with van der Waals surface area (Å²) in [5.41, 5.74) is 0. The molecule has 18 heavy (non-hydrogen) atoms. The molecule has 1 heterocycles. The zero-order chi connectivity index (χ0) is 12.8. The third-order valence-electron chi connectivity index (χ3n) is 4.23. The molecular weight excluding hydrogens is 226 g/mol. The van der Waals surface area contributed by atoms with Crippen molar-refractivity contribution in [3.63, 3.8) is 0 Å². The van der Waals surface area contributed by atoms with E-state index >= 15 is 0 Å². The van der Waals surface area contributed by atoms with E-state index in [9.17, 15) is 4.79 Å². The highest BCUT2D eigenvalue weighted by Gasteiger charge is 2.21. The predicted molar refractivity (Wildman–Crippen MR) is 73.7 cm³/mol. The van der Waals surface area contributed by atoms with Gasteiger partial charge in [0.2, 0.25) is 0 Å². The maximum Gasteiger partial charge on any atom is 0.315 e. The molecule has 2 N–H and O–H groups in total.